The highest BCUT2D eigenvalue weighted by Gasteiger charge is 2.16. The highest BCUT2D eigenvalue weighted by atomic mass is 16.7. The molecule has 1 aromatic heterocycles. The van der Waals surface area contributed by atoms with Gasteiger partial charge in [-0.15, -0.1) is 6.42 Å². The Morgan fingerprint density at radius 2 is 2.33 bits per heavy atom. The highest BCUT2D eigenvalue weighted by molar-refractivity contribution is 6.00. The normalized spacial score (nSPS) is 13.0. The van der Waals surface area contributed by atoms with Crippen LogP contribution in [0.1, 0.15) is 5.56 Å². The second kappa shape index (κ2) is 6.01. The van der Waals surface area contributed by atoms with Crippen LogP contribution in [0.15, 0.2) is 42.1 Å². The molecule has 2 heterocycles. The predicted octanol–water partition coefficient (Wildman–Crippen LogP) is 1.67. The van der Waals surface area contributed by atoms with Crippen molar-refractivity contribution in [3.63, 3.8) is 0 Å². The summed E-state index contributed by atoms with van der Waals surface area (Å²) in [7, 11) is 0. The van der Waals surface area contributed by atoms with Crippen molar-refractivity contribution in [1.29, 1.82) is 0 Å². The summed E-state index contributed by atoms with van der Waals surface area (Å²) in [6.07, 6.45) is 10.4. The van der Waals surface area contributed by atoms with Crippen molar-refractivity contribution >= 4 is 5.71 Å². The van der Waals surface area contributed by atoms with Crippen LogP contribution < -0.4 is 9.47 Å². The average Bonchev–Trinajstić information content (AvgIpc) is 3.16. The molecule has 1 aliphatic rings. The van der Waals surface area contributed by atoms with Crippen molar-refractivity contribution in [3.05, 3.63) is 42.5 Å². The minimum absolute atomic E-state index is 0.123. The minimum atomic E-state index is 0.123. The molecule has 106 valence electrons. The zero-order valence-electron chi connectivity index (χ0n) is 11.2. The maximum atomic E-state index is 5.38. The summed E-state index contributed by atoms with van der Waals surface area (Å²) < 4.78 is 12.6. The van der Waals surface area contributed by atoms with Gasteiger partial charge in [-0.25, -0.2) is 4.98 Å². The Morgan fingerprint density at radius 1 is 1.43 bits per heavy atom. The molecule has 21 heavy (non-hydrogen) atoms. The van der Waals surface area contributed by atoms with Crippen LogP contribution >= 0.6 is 0 Å². The van der Waals surface area contributed by atoms with E-state index in [1.165, 1.54) is 0 Å². The van der Waals surface area contributed by atoms with Crippen LogP contribution in [0, 0.1) is 12.3 Å². The molecule has 1 aliphatic heterocycles. The van der Waals surface area contributed by atoms with Crippen molar-refractivity contribution in [1.82, 2.24) is 9.55 Å². The molecule has 6 heteroatoms. The van der Waals surface area contributed by atoms with Gasteiger partial charge in [0.15, 0.2) is 18.1 Å². The first-order chi connectivity index (χ1) is 10.4. The van der Waals surface area contributed by atoms with E-state index in [2.05, 4.69) is 16.1 Å². The zero-order valence-corrected chi connectivity index (χ0v) is 11.2. The number of fused-ring (bicyclic) bond motifs is 1. The van der Waals surface area contributed by atoms with Gasteiger partial charge in [-0.05, 0) is 18.2 Å². The fourth-order valence-electron chi connectivity index (χ4n) is 1.95. The van der Waals surface area contributed by atoms with E-state index in [1.54, 1.807) is 12.5 Å². The summed E-state index contributed by atoms with van der Waals surface area (Å²) in [5.41, 5.74) is 1.60. The number of benzene rings is 1. The summed E-state index contributed by atoms with van der Waals surface area (Å²) >= 11 is 0. The lowest BCUT2D eigenvalue weighted by molar-refractivity contribution is 0.174. The molecule has 2 aromatic rings. The minimum Gasteiger partial charge on any atom is -0.454 e. The van der Waals surface area contributed by atoms with Crippen LogP contribution in [0.3, 0.4) is 0 Å². The van der Waals surface area contributed by atoms with E-state index in [-0.39, 0.29) is 13.4 Å². The molecule has 0 atom stereocenters. The molecule has 0 bridgehead atoms. The van der Waals surface area contributed by atoms with E-state index in [1.807, 2.05) is 29.0 Å². The molecule has 0 amide bonds. The second-order valence-electron chi connectivity index (χ2n) is 4.32. The van der Waals surface area contributed by atoms with Gasteiger partial charge in [0.25, 0.3) is 0 Å². The summed E-state index contributed by atoms with van der Waals surface area (Å²) in [6.45, 7) is 0.878. The van der Waals surface area contributed by atoms with Gasteiger partial charge in [0.05, 0.1) is 12.9 Å². The SMILES string of the molecule is C#CCO/N=C(\Cn1ccnc1)c1ccc2c(c1)OCO2. The summed E-state index contributed by atoms with van der Waals surface area (Å²) in [5.74, 6) is 3.81. The Kier molecular flexibility index (Phi) is 3.74. The van der Waals surface area contributed by atoms with Crippen LogP contribution in [0.5, 0.6) is 11.5 Å². The van der Waals surface area contributed by atoms with Crippen molar-refractivity contribution in [2.75, 3.05) is 13.4 Å². The van der Waals surface area contributed by atoms with Crippen molar-refractivity contribution in [3.8, 4) is 23.8 Å². The average molecular weight is 283 g/mol. The van der Waals surface area contributed by atoms with E-state index in [4.69, 9.17) is 20.7 Å². The quantitative estimate of drug-likeness (QED) is 0.362. The van der Waals surface area contributed by atoms with Crippen LogP contribution in [0.4, 0.5) is 0 Å². The van der Waals surface area contributed by atoms with Gasteiger partial charge < -0.3 is 18.9 Å². The Labute approximate surface area is 122 Å². The molecular weight excluding hydrogens is 270 g/mol. The molecule has 0 saturated carbocycles. The van der Waals surface area contributed by atoms with E-state index in [0.717, 1.165) is 17.0 Å². The van der Waals surface area contributed by atoms with Crippen LogP contribution in [0.2, 0.25) is 0 Å². The Balaban J connectivity index is 1.87. The first kappa shape index (κ1) is 13.1. The molecule has 0 radical (unpaired) electrons. The van der Waals surface area contributed by atoms with Gasteiger partial charge in [-0.3, -0.25) is 0 Å². The van der Waals surface area contributed by atoms with Gasteiger partial charge in [-0.2, -0.15) is 0 Å². The number of oxime groups is 1. The van der Waals surface area contributed by atoms with Gasteiger partial charge in [0, 0.05) is 18.0 Å². The van der Waals surface area contributed by atoms with Gasteiger partial charge in [-0.1, -0.05) is 11.1 Å². The number of hydrogen-bond donors (Lipinski definition) is 0. The predicted molar refractivity (Wildman–Crippen MR) is 76.1 cm³/mol. The van der Waals surface area contributed by atoms with Crippen molar-refractivity contribution in [2.45, 2.75) is 6.54 Å². The van der Waals surface area contributed by atoms with E-state index in [0.29, 0.717) is 12.3 Å². The molecular formula is C15H13N3O3. The summed E-state index contributed by atoms with van der Waals surface area (Å²) in [4.78, 5) is 9.13. The van der Waals surface area contributed by atoms with Gasteiger partial charge in [0.1, 0.15) is 5.71 Å². The van der Waals surface area contributed by atoms with Gasteiger partial charge in [0.2, 0.25) is 6.79 Å². The molecule has 0 saturated heterocycles. The molecule has 0 N–H and O–H groups in total. The first-order valence-corrected chi connectivity index (χ1v) is 6.35. The number of ether oxygens (including phenoxy) is 2. The number of hydrogen-bond acceptors (Lipinski definition) is 5. The molecule has 0 unspecified atom stereocenters. The van der Waals surface area contributed by atoms with E-state index in [9.17, 15) is 0 Å². The second-order valence-corrected chi connectivity index (χ2v) is 4.32. The highest BCUT2D eigenvalue weighted by Crippen LogP contribution is 2.32. The van der Waals surface area contributed by atoms with Crippen molar-refractivity contribution in [2.24, 2.45) is 5.16 Å². The Morgan fingerprint density at radius 3 is 3.14 bits per heavy atom. The fourth-order valence-corrected chi connectivity index (χ4v) is 1.95. The third kappa shape index (κ3) is 2.98. The third-order valence-electron chi connectivity index (χ3n) is 2.92. The first-order valence-electron chi connectivity index (χ1n) is 6.35. The van der Waals surface area contributed by atoms with E-state index >= 15 is 0 Å². The standard InChI is InChI=1S/C15H13N3O3/c1-2-7-21-17-13(9-18-6-5-16-10-18)12-3-4-14-15(8-12)20-11-19-14/h1,3-6,8,10H,7,9,11H2/b17-13+. The summed E-state index contributed by atoms with van der Waals surface area (Å²) in [6, 6.07) is 5.63. The molecule has 6 nitrogen and oxygen atoms in total. The molecule has 3 rings (SSSR count). The number of aromatic nitrogens is 2. The number of nitrogens with zero attached hydrogens (tertiary/aromatic N) is 3. The van der Waals surface area contributed by atoms with Gasteiger partial charge >= 0.3 is 0 Å². The lowest BCUT2D eigenvalue weighted by Crippen LogP contribution is -2.11. The monoisotopic (exact) mass is 283 g/mol. The molecule has 0 spiro atoms. The molecule has 1 aromatic carbocycles. The number of rotatable bonds is 5. The number of imidazole rings is 1. The number of terminal acetylenes is 1. The van der Waals surface area contributed by atoms with Crippen LogP contribution in [0.25, 0.3) is 0 Å². The Hall–Kier alpha value is -2.94. The summed E-state index contributed by atoms with van der Waals surface area (Å²) in [5, 5.41) is 4.11. The maximum Gasteiger partial charge on any atom is 0.231 e. The van der Waals surface area contributed by atoms with E-state index < -0.39 is 0 Å². The largest absolute Gasteiger partial charge is 0.454 e. The Bertz CT molecular complexity index is 687. The van der Waals surface area contributed by atoms with Crippen LogP contribution in [-0.4, -0.2) is 28.7 Å². The topological polar surface area (TPSA) is 57.9 Å². The maximum absolute atomic E-state index is 5.38. The lowest BCUT2D eigenvalue weighted by atomic mass is 10.1. The lowest BCUT2D eigenvalue weighted by Gasteiger charge is -2.08. The smallest absolute Gasteiger partial charge is 0.231 e. The third-order valence-corrected chi connectivity index (χ3v) is 2.92. The van der Waals surface area contributed by atoms with Crippen LogP contribution in [-0.2, 0) is 11.4 Å². The molecule has 0 fully saturated rings. The zero-order chi connectivity index (χ0) is 14.5. The van der Waals surface area contributed by atoms with Crippen molar-refractivity contribution < 1.29 is 14.3 Å². The fraction of sp³-hybridized carbons (Fsp3) is 0.200. The molecule has 0 aliphatic carbocycles.